The Balaban J connectivity index is 2.61. The molecule has 6 heteroatoms. The molecule has 0 spiro atoms. The van der Waals surface area contributed by atoms with Crippen molar-refractivity contribution in [2.75, 3.05) is 20.8 Å². The second-order valence-electron chi connectivity index (χ2n) is 3.94. The van der Waals surface area contributed by atoms with Crippen LogP contribution in [0.4, 0.5) is 0 Å². The van der Waals surface area contributed by atoms with Gasteiger partial charge in [0, 0.05) is 11.6 Å². The number of nitrogens with zero attached hydrogens (tertiary/aromatic N) is 1. The summed E-state index contributed by atoms with van der Waals surface area (Å²) in [5.41, 5.74) is 0.903. The minimum absolute atomic E-state index is 0.309. The van der Waals surface area contributed by atoms with Crippen LogP contribution in [0.15, 0.2) is 18.3 Å². The maximum Gasteiger partial charge on any atom is 0.339 e. The second kappa shape index (κ2) is 5.96. The lowest BCUT2D eigenvalue weighted by atomic mass is 10.1. The van der Waals surface area contributed by atoms with E-state index in [1.807, 2.05) is 0 Å². The summed E-state index contributed by atoms with van der Waals surface area (Å²) >= 11 is 6.24. The molecule has 1 aromatic heterocycles. The second-order valence-corrected chi connectivity index (χ2v) is 4.32. The van der Waals surface area contributed by atoms with Gasteiger partial charge in [-0.2, -0.15) is 0 Å². The van der Waals surface area contributed by atoms with Crippen molar-refractivity contribution in [3.63, 3.8) is 0 Å². The Kier molecular flexibility index (Phi) is 4.29. The van der Waals surface area contributed by atoms with Gasteiger partial charge in [0.05, 0.1) is 31.9 Å². The molecule has 0 atom stereocenters. The summed E-state index contributed by atoms with van der Waals surface area (Å²) in [7, 11) is 3.02. The van der Waals surface area contributed by atoms with E-state index in [-0.39, 0.29) is 0 Å². The number of pyridine rings is 1. The van der Waals surface area contributed by atoms with E-state index in [2.05, 4.69) is 4.98 Å². The number of carbonyl (C=O) groups is 1. The van der Waals surface area contributed by atoms with Gasteiger partial charge in [-0.05, 0) is 19.1 Å². The Morgan fingerprint density at radius 2 is 2.05 bits per heavy atom. The fourth-order valence-corrected chi connectivity index (χ4v) is 2.19. The minimum Gasteiger partial charge on any atom is -0.493 e. The van der Waals surface area contributed by atoms with Crippen LogP contribution >= 0.6 is 11.6 Å². The number of methoxy groups -OCH3 is 2. The van der Waals surface area contributed by atoms with Crippen LogP contribution in [0.5, 0.6) is 11.5 Å². The first-order chi connectivity index (χ1) is 9.62. The molecule has 2 rings (SSSR count). The van der Waals surface area contributed by atoms with E-state index in [0.717, 1.165) is 0 Å². The number of rotatable bonds is 4. The highest BCUT2D eigenvalue weighted by molar-refractivity contribution is 6.37. The molecule has 0 amide bonds. The fraction of sp³-hybridized carbons (Fsp3) is 0.286. The monoisotopic (exact) mass is 295 g/mol. The molecular weight excluding hydrogens is 282 g/mol. The first-order valence-electron chi connectivity index (χ1n) is 5.99. The zero-order valence-corrected chi connectivity index (χ0v) is 12.2. The molecule has 0 aliphatic carbocycles. The third-order valence-electron chi connectivity index (χ3n) is 2.77. The number of hydrogen-bond acceptors (Lipinski definition) is 5. The first-order valence-corrected chi connectivity index (χ1v) is 6.37. The number of ether oxygens (including phenoxy) is 3. The molecule has 0 saturated heterocycles. The van der Waals surface area contributed by atoms with E-state index in [0.29, 0.717) is 39.6 Å². The van der Waals surface area contributed by atoms with Crippen LogP contribution in [-0.2, 0) is 4.74 Å². The smallest absolute Gasteiger partial charge is 0.339 e. The van der Waals surface area contributed by atoms with Crippen molar-refractivity contribution in [1.82, 2.24) is 4.98 Å². The van der Waals surface area contributed by atoms with Crippen molar-refractivity contribution in [2.45, 2.75) is 6.92 Å². The van der Waals surface area contributed by atoms with Gasteiger partial charge in [0.25, 0.3) is 0 Å². The Hall–Kier alpha value is -2.01. The van der Waals surface area contributed by atoms with E-state index >= 15 is 0 Å². The lowest BCUT2D eigenvalue weighted by Crippen LogP contribution is -2.05. The summed E-state index contributed by atoms with van der Waals surface area (Å²) in [5.74, 6) is 0.471. The number of carbonyl (C=O) groups excluding carboxylic acids is 1. The molecule has 0 fully saturated rings. The van der Waals surface area contributed by atoms with Crippen LogP contribution in [0.25, 0.3) is 10.9 Å². The Bertz CT molecular complexity index is 657. The van der Waals surface area contributed by atoms with Gasteiger partial charge in [-0.15, -0.1) is 0 Å². The highest BCUT2D eigenvalue weighted by Crippen LogP contribution is 2.40. The number of aromatic nitrogens is 1. The molecule has 1 heterocycles. The third kappa shape index (κ3) is 2.49. The maximum atomic E-state index is 11.7. The van der Waals surface area contributed by atoms with Crippen LogP contribution in [0, 0.1) is 0 Å². The van der Waals surface area contributed by atoms with Gasteiger partial charge in [-0.1, -0.05) is 11.6 Å². The van der Waals surface area contributed by atoms with Crippen LogP contribution in [-0.4, -0.2) is 31.8 Å². The molecule has 0 saturated carbocycles. The zero-order chi connectivity index (χ0) is 14.7. The highest BCUT2D eigenvalue weighted by atomic mass is 35.5. The zero-order valence-electron chi connectivity index (χ0n) is 11.4. The van der Waals surface area contributed by atoms with Crippen LogP contribution in [0.2, 0.25) is 5.02 Å². The molecule has 0 aliphatic heterocycles. The van der Waals surface area contributed by atoms with Crippen LogP contribution < -0.4 is 9.47 Å². The Labute approximate surface area is 121 Å². The van der Waals surface area contributed by atoms with Crippen molar-refractivity contribution in [3.05, 3.63) is 28.9 Å². The summed E-state index contributed by atoms with van der Waals surface area (Å²) in [6.07, 6.45) is 1.43. The lowest BCUT2D eigenvalue weighted by molar-refractivity contribution is 0.0526. The largest absolute Gasteiger partial charge is 0.493 e. The fourth-order valence-electron chi connectivity index (χ4n) is 1.87. The van der Waals surface area contributed by atoms with Crippen molar-refractivity contribution in [1.29, 1.82) is 0 Å². The average Bonchev–Trinajstić information content (AvgIpc) is 2.46. The summed E-state index contributed by atoms with van der Waals surface area (Å²) < 4.78 is 15.4. The third-order valence-corrected chi connectivity index (χ3v) is 3.12. The molecule has 0 aliphatic rings. The van der Waals surface area contributed by atoms with Crippen molar-refractivity contribution >= 4 is 28.5 Å². The van der Waals surface area contributed by atoms with E-state index in [1.165, 1.54) is 20.4 Å². The van der Waals surface area contributed by atoms with Crippen molar-refractivity contribution < 1.29 is 19.0 Å². The van der Waals surface area contributed by atoms with Gasteiger partial charge >= 0.3 is 5.97 Å². The first kappa shape index (κ1) is 14.4. The van der Waals surface area contributed by atoms with Gasteiger partial charge in [-0.3, -0.25) is 4.98 Å². The molecule has 106 valence electrons. The molecule has 0 unspecified atom stereocenters. The predicted molar refractivity (Wildman–Crippen MR) is 75.8 cm³/mol. The summed E-state index contributed by atoms with van der Waals surface area (Å²) in [6.45, 7) is 2.06. The number of esters is 1. The SMILES string of the molecule is CCOC(=O)c1cnc2c(Cl)c(OC)c(OC)cc2c1. The standard InChI is InChI=1S/C14H14ClNO4/c1-4-20-14(17)9-5-8-6-10(18-2)13(19-3)11(15)12(8)16-7-9/h5-7H,4H2,1-3H3. The highest BCUT2D eigenvalue weighted by Gasteiger charge is 2.16. The summed E-state index contributed by atoms with van der Waals surface area (Å²) in [5, 5.41) is 1.02. The molecule has 1 aromatic carbocycles. The molecule has 0 radical (unpaired) electrons. The quantitative estimate of drug-likeness (QED) is 0.811. The van der Waals surface area contributed by atoms with Gasteiger partial charge in [0.1, 0.15) is 5.02 Å². The summed E-state index contributed by atoms with van der Waals surface area (Å²) in [6, 6.07) is 3.38. The van der Waals surface area contributed by atoms with Crippen molar-refractivity contribution in [3.8, 4) is 11.5 Å². The lowest BCUT2D eigenvalue weighted by Gasteiger charge is -2.12. The molecular formula is C14H14ClNO4. The summed E-state index contributed by atoms with van der Waals surface area (Å²) in [4.78, 5) is 15.9. The van der Waals surface area contributed by atoms with Gasteiger partial charge in [-0.25, -0.2) is 4.79 Å². The normalized spacial score (nSPS) is 10.4. The molecule has 2 aromatic rings. The van der Waals surface area contributed by atoms with Gasteiger partial charge in [0.15, 0.2) is 11.5 Å². The number of fused-ring (bicyclic) bond motifs is 1. The van der Waals surface area contributed by atoms with Crippen LogP contribution in [0.3, 0.4) is 0 Å². The van der Waals surface area contributed by atoms with Crippen LogP contribution in [0.1, 0.15) is 17.3 Å². The van der Waals surface area contributed by atoms with E-state index in [4.69, 9.17) is 25.8 Å². The Morgan fingerprint density at radius 3 is 2.65 bits per heavy atom. The van der Waals surface area contributed by atoms with E-state index in [9.17, 15) is 4.79 Å². The molecule has 20 heavy (non-hydrogen) atoms. The topological polar surface area (TPSA) is 57.7 Å². The van der Waals surface area contributed by atoms with Gasteiger partial charge < -0.3 is 14.2 Å². The minimum atomic E-state index is -0.423. The predicted octanol–water partition coefficient (Wildman–Crippen LogP) is 3.08. The molecule has 5 nitrogen and oxygen atoms in total. The molecule has 0 N–H and O–H groups in total. The van der Waals surface area contributed by atoms with Gasteiger partial charge in [0.2, 0.25) is 0 Å². The maximum absolute atomic E-state index is 11.7. The van der Waals surface area contributed by atoms with E-state index < -0.39 is 5.97 Å². The van der Waals surface area contributed by atoms with Crippen molar-refractivity contribution in [2.24, 2.45) is 0 Å². The molecule has 0 bridgehead atoms. The number of hydrogen-bond donors (Lipinski definition) is 0. The number of halogens is 1. The Morgan fingerprint density at radius 1 is 1.30 bits per heavy atom. The van der Waals surface area contributed by atoms with E-state index in [1.54, 1.807) is 19.1 Å². The number of benzene rings is 1. The average molecular weight is 296 g/mol.